The van der Waals surface area contributed by atoms with E-state index >= 15 is 0 Å². The molecule has 32 heavy (non-hydrogen) atoms. The molecule has 0 spiro atoms. The highest BCUT2D eigenvalue weighted by atomic mass is 79.9. The Morgan fingerprint density at radius 1 is 1.19 bits per heavy atom. The van der Waals surface area contributed by atoms with Crippen molar-refractivity contribution in [3.05, 3.63) is 69.2 Å². The molecule has 168 valence electrons. The second-order valence-corrected chi connectivity index (χ2v) is 9.49. The molecule has 3 rings (SSSR count). The lowest BCUT2D eigenvalue weighted by Crippen LogP contribution is -2.33. The number of carbonyl (C=O) groups excluding carboxylic acids is 3. The van der Waals surface area contributed by atoms with Crippen molar-refractivity contribution >= 4 is 52.3 Å². The van der Waals surface area contributed by atoms with Crippen LogP contribution in [0.4, 0.5) is 0 Å². The summed E-state index contributed by atoms with van der Waals surface area (Å²) in [6.07, 6.45) is -0.0508. The minimum Gasteiger partial charge on any atom is -0.507 e. The van der Waals surface area contributed by atoms with Gasteiger partial charge in [-0.3, -0.25) is 14.4 Å². The van der Waals surface area contributed by atoms with Gasteiger partial charge in [0.15, 0.2) is 11.9 Å². The van der Waals surface area contributed by atoms with Gasteiger partial charge in [-0.05, 0) is 36.1 Å². The van der Waals surface area contributed by atoms with Crippen molar-refractivity contribution in [1.29, 1.82) is 0 Å². The van der Waals surface area contributed by atoms with E-state index < -0.39 is 25.1 Å². The standard InChI is InChI=1S/C23H24BBrClNO5/c1-14(2)10-16(24-31-21(23(30)32-24)15-6-4-3-5-7-15)11-18(28)13-27-22(29)19-12-17(25)8-9-20(19)26/h3-9,12,14,16,21H,10-11,13H2,1-2H3,(H,27,29)/t16-,21-/m1/s1. The smallest absolute Gasteiger partial charge is 0.507 e. The van der Waals surface area contributed by atoms with Crippen LogP contribution in [0.3, 0.4) is 0 Å². The third-order valence-electron chi connectivity index (χ3n) is 5.09. The topological polar surface area (TPSA) is 81.7 Å². The number of halogens is 2. The summed E-state index contributed by atoms with van der Waals surface area (Å²) in [6, 6.07) is 14.1. The largest absolute Gasteiger partial charge is 0.531 e. The van der Waals surface area contributed by atoms with Gasteiger partial charge in [-0.1, -0.05) is 71.7 Å². The first kappa shape index (κ1) is 24.5. The minimum absolute atomic E-state index is 0.115. The summed E-state index contributed by atoms with van der Waals surface area (Å²) in [5.74, 6) is -1.12. The van der Waals surface area contributed by atoms with Gasteiger partial charge in [0.2, 0.25) is 0 Å². The molecule has 9 heteroatoms. The Bertz CT molecular complexity index is 988. The van der Waals surface area contributed by atoms with E-state index in [9.17, 15) is 14.4 Å². The van der Waals surface area contributed by atoms with E-state index in [1.165, 1.54) is 0 Å². The van der Waals surface area contributed by atoms with Gasteiger partial charge < -0.3 is 14.6 Å². The molecule has 2 atom stereocenters. The number of hydrogen-bond acceptors (Lipinski definition) is 5. The molecule has 0 unspecified atom stereocenters. The van der Waals surface area contributed by atoms with Crippen LogP contribution in [0.2, 0.25) is 10.8 Å². The first-order chi connectivity index (χ1) is 15.2. The molecule has 0 aromatic heterocycles. The highest BCUT2D eigenvalue weighted by Gasteiger charge is 2.46. The molecule has 2 aromatic rings. The molecule has 1 N–H and O–H groups in total. The van der Waals surface area contributed by atoms with Crippen LogP contribution in [0.1, 0.15) is 48.7 Å². The van der Waals surface area contributed by atoms with E-state index in [2.05, 4.69) is 21.2 Å². The second-order valence-electron chi connectivity index (χ2n) is 8.17. The maximum Gasteiger partial charge on any atom is 0.531 e. The average molecular weight is 521 g/mol. The number of Topliss-reactive ketones (excluding diaryl/α,β-unsaturated/α-hetero) is 1. The molecule has 1 fully saturated rings. The summed E-state index contributed by atoms with van der Waals surface area (Å²) in [6.45, 7) is 3.90. The number of rotatable bonds is 9. The van der Waals surface area contributed by atoms with Gasteiger partial charge in [-0.15, -0.1) is 0 Å². The van der Waals surface area contributed by atoms with Crippen LogP contribution in [-0.4, -0.2) is 31.3 Å². The summed E-state index contributed by atoms with van der Waals surface area (Å²) in [5, 5.41) is 2.92. The van der Waals surface area contributed by atoms with E-state index in [0.717, 1.165) is 0 Å². The summed E-state index contributed by atoms with van der Waals surface area (Å²) in [7, 11) is -0.811. The number of nitrogens with one attached hydrogen (secondary N) is 1. The normalized spacial score (nSPS) is 16.7. The van der Waals surface area contributed by atoms with Crippen LogP contribution in [0, 0.1) is 5.92 Å². The molecule has 2 aromatic carbocycles. The van der Waals surface area contributed by atoms with E-state index in [1.807, 2.05) is 32.0 Å². The van der Waals surface area contributed by atoms with Crippen LogP contribution in [0.15, 0.2) is 53.0 Å². The first-order valence-corrected chi connectivity index (χ1v) is 11.6. The SMILES string of the molecule is CC(C)C[C@H](CC(=O)CNC(=O)c1cc(Br)ccc1Cl)B1OC(=O)[C@@H](c2ccccc2)O1. The number of hydrogen-bond donors (Lipinski definition) is 1. The quantitative estimate of drug-likeness (QED) is 0.470. The van der Waals surface area contributed by atoms with Crippen LogP contribution in [0.25, 0.3) is 0 Å². The van der Waals surface area contributed by atoms with Crippen molar-refractivity contribution in [1.82, 2.24) is 5.32 Å². The van der Waals surface area contributed by atoms with Gasteiger partial charge in [0.25, 0.3) is 5.91 Å². The zero-order valence-electron chi connectivity index (χ0n) is 17.8. The number of benzene rings is 2. The predicted octanol–water partition coefficient (Wildman–Crippen LogP) is 5.01. The molecule has 0 radical (unpaired) electrons. The van der Waals surface area contributed by atoms with Gasteiger partial charge in [0, 0.05) is 16.7 Å². The average Bonchev–Trinajstić information content (AvgIpc) is 3.15. The molecule has 1 amide bonds. The molecule has 6 nitrogen and oxygen atoms in total. The van der Waals surface area contributed by atoms with Crippen LogP contribution in [0.5, 0.6) is 0 Å². The Hall–Kier alpha value is -2.16. The fourth-order valence-corrected chi connectivity index (χ4v) is 4.21. The molecule has 0 aliphatic carbocycles. The predicted molar refractivity (Wildman–Crippen MR) is 126 cm³/mol. The van der Waals surface area contributed by atoms with Crippen molar-refractivity contribution in [2.24, 2.45) is 5.92 Å². The van der Waals surface area contributed by atoms with E-state index in [-0.39, 0.29) is 36.0 Å². The van der Waals surface area contributed by atoms with Crippen molar-refractivity contribution in [3.8, 4) is 0 Å². The van der Waals surface area contributed by atoms with Gasteiger partial charge in [0.1, 0.15) is 0 Å². The molecule has 0 bridgehead atoms. The first-order valence-electron chi connectivity index (χ1n) is 10.4. The van der Waals surface area contributed by atoms with Crippen molar-refractivity contribution in [2.75, 3.05) is 6.54 Å². The molecule has 0 saturated carbocycles. The highest BCUT2D eigenvalue weighted by Crippen LogP contribution is 2.35. The Labute approximate surface area is 201 Å². The summed E-state index contributed by atoms with van der Waals surface area (Å²) >= 11 is 9.38. The summed E-state index contributed by atoms with van der Waals surface area (Å²) in [4.78, 5) is 37.5. The van der Waals surface area contributed by atoms with Crippen LogP contribution < -0.4 is 5.32 Å². The lowest BCUT2D eigenvalue weighted by molar-refractivity contribution is -0.136. The zero-order chi connectivity index (χ0) is 23.3. The Balaban J connectivity index is 1.61. The Morgan fingerprint density at radius 2 is 1.91 bits per heavy atom. The fourth-order valence-electron chi connectivity index (χ4n) is 3.65. The maximum atomic E-state index is 12.7. The second kappa shape index (κ2) is 11.1. The Morgan fingerprint density at radius 3 is 2.59 bits per heavy atom. The van der Waals surface area contributed by atoms with Crippen molar-refractivity contribution in [3.63, 3.8) is 0 Å². The van der Waals surface area contributed by atoms with E-state index in [1.54, 1.807) is 30.3 Å². The Kier molecular flexibility index (Phi) is 8.51. The van der Waals surface area contributed by atoms with Crippen LogP contribution in [-0.2, 0) is 18.9 Å². The third-order valence-corrected chi connectivity index (χ3v) is 5.91. The maximum absolute atomic E-state index is 12.7. The lowest BCUT2D eigenvalue weighted by Gasteiger charge is -2.19. The molecular weight excluding hydrogens is 496 g/mol. The van der Waals surface area contributed by atoms with Gasteiger partial charge in [-0.25, -0.2) is 0 Å². The highest BCUT2D eigenvalue weighted by molar-refractivity contribution is 9.10. The fraction of sp³-hybridized carbons (Fsp3) is 0.348. The summed E-state index contributed by atoms with van der Waals surface area (Å²) < 4.78 is 12.1. The van der Waals surface area contributed by atoms with Gasteiger partial charge in [0.05, 0.1) is 17.1 Å². The lowest BCUT2D eigenvalue weighted by atomic mass is 9.65. The van der Waals surface area contributed by atoms with E-state index in [0.29, 0.717) is 21.5 Å². The third kappa shape index (κ3) is 6.43. The number of amides is 1. The molecule has 1 heterocycles. The van der Waals surface area contributed by atoms with Gasteiger partial charge >= 0.3 is 13.1 Å². The van der Waals surface area contributed by atoms with E-state index in [4.69, 9.17) is 20.9 Å². The van der Waals surface area contributed by atoms with Crippen molar-refractivity contribution < 1.29 is 23.7 Å². The molecule has 1 aliphatic rings. The van der Waals surface area contributed by atoms with Crippen LogP contribution >= 0.6 is 27.5 Å². The molecule has 1 aliphatic heterocycles. The zero-order valence-corrected chi connectivity index (χ0v) is 20.2. The molecule has 1 saturated heterocycles. The molecular formula is C23H24BBrClNO5. The van der Waals surface area contributed by atoms with Gasteiger partial charge in [-0.2, -0.15) is 0 Å². The number of carbonyl (C=O) groups is 3. The number of ketones is 1. The monoisotopic (exact) mass is 519 g/mol. The van der Waals surface area contributed by atoms with Crippen molar-refractivity contribution in [2.45, 2.75) is 38.6 Å². The minimum atomic E-state index is -0.811. The summed E-state index contributed by atoms with van der Waals surface area (Å²) in [5.41, 5.74) is 0.999.